The van der Waals surface area contributed by atoms with E-state index in [1.54, 1.807) is 50.7 Å². The number of H-pyrrole nitrogens is 1. The molecule has 1 heterocycles. The molecule has 152 valence electrons. The van der Waals surface area contributed by atoms with Gasteiger partial charge in [-0.2, -0.15) is 0 Å². The number of ether oxygens (including phenoxy) is 3. The number of hydrogen-bond acceptors (Lipinski definition) is 5. The van der Waals surface area contributed by atoms with Gasteiger partial charge in [-0.1, -0.05) is 6.07 Å². The number of carbonyl (C=O) groups excluding carboxylic acids is 2. The minimum absolute atomic E-state index is 0.121. The summed E-state index contributed by atoms with van der Waals surface area (Å²) < 4.78 is 16.3. The van der Waals surface area contributed by atoms with Gasteiger partial charge in [0.05, 0.1) is 33.3 Å². The molecule has 8 heteroatoms. The van der Waals surface area contributed by atoms with Crippen LogP contribution >= 0.6 is 0 Å². The molecule has 29 heavy (non-hydrogen) atoms. The predicted molar refractivity (Wildman–Crippen MR) is 111 cm³/mol. The van der Waals surface area contributed by atoms with Crippen LogP contribution in [0.15, 0.2) is 36.5 Å². The van der Waals surface area contributed by atoms with Crippen LogP contribution in [0.25, 0.3) is 10.9 Å². The lowest BCUT2D eigenvalue weighted by Gasteiger charge is -2.14. The largest absolute Gasteiger partial charge is 0.493 e. The van der Waals surface area contributed by atoms with Crippen LogP contribution in [0.4, 0.5) is 11.4 Å². The average molecular weight is 397 g/mol. The van der Waals surface area contributed by atoms with Crippen molar-refractivity contribution in [3.63, 3.8) is 0 Å². The zero-order valence-electron chi connectivity index (χ0n) is 16.7. The SMILES string of the molecule is COc1cc2[nH]cc(CC(=O)Nc3cccc(NC(C)=O)c3)c2c(OC)c1OC. The van der Waals surface area contributed by atoms with E-state index in [0.29, 0.717) is 28.6 Å². The van der Waals surface area contributed by atoms with Crippen LogP contribution in [0, 0.1) is 0 Å². The summed E-state index contributed by atoms with van der Waals surface area (Å²) in [6.45, 7) is 1.43. The first-order valence-corrected chi connectivity index (χ1v) is 8.93. The van der Waals surface area contributed by atoms with E-state index in [2.05, 4.69) is 15.6 Å². The number of aromatic amines is 1. The summed E-state index contributed by atoms with van der Waals surface area (Å²) in [6.07, 6.45) is 1.88. The highest BCUT2D eigenvalue weighted by atomic mass is 16.5. The van der Waals surface area contributed by atoms with Crippen molar-refractivity contribution in [1.29, 1.82) is 0 Å². The normalized spacial score (nSPS) is 10.5. The van der Waals surface area contributed by atoms with Crippen molar-refractivity contribution in [3.05, 3.63) is 42.1 Å². The van der Waals surface area contributed by atoms with Crippen LogP contribution in [-0.4, -0.2) is 38.1 Å². The molecule has 0 aliphatic rings. The number of carbonyl (C=O) groups is 2. The maximum Gasteiger partial charge on any atom is 0.228 e. The molecule has 2 amide bonds. The van der Waals surface area contributed by atoms with Crippen LogP contribution in [0.2, 0.25) is 0 Å². The predicted octanol–water partition coefficient (Wildman–Crippen LogP) is 3.33. The van der Waals surface area contributed by atoms with Crippen molar-refractivity contribution in [1.82, 2.24) is 4.98 Å². The Morgan fingerprint density at radius 3 is 2.28 bits per heavy atom. The molecule has 0 saturated carbocycles. The average Bonchev–Trinajstić information content (AvgIpc) is 3.08. The van der Waals surface area contributed by atoms with Crippen molar-refractivity contribution < 1.29 is 23.8 Å². The lowest BCUT2D eigenvalue weighted by molar-refractivity contribution is -0.115. The molecule has 0 spiro atoms. The molecule has 8 nitrogen and oxygen atoms in total. The summed E-state index contributed by atoms with van der Waals surface area (Å²) in [7, 11) is 4.63. The van der Waals surface area contributed by atoms with Crippen molar-refractivity contribution in [2.45, 2.75) is 13.3 Å². The molecule has 0 atom stereocenters. The summed E-state index contributed by atoms with van der Waals surface area (Å²) in [4.78, 5) is 27.0. The van der Waals surface area contributed by atoms with Crippen molar-refractivity contribution >= 4 is 34.1 Å². The second-order valence-corrected chi connectivity index (χ2v) is 6.37. The van der Waals surface area contributed by atoms with E-state index in [-0.39, 0.29) is 18.2 Å². The summed E-state index contributed by atoms with van der Waals surface area (Å²) in [5.74, 6) is 1.11. The van der Waals surface area contributed by atoms with Gasteiger partial charge in [0.25, 0.3) is 0 Å². The zero-order chi connectivity index (χ0) is 21.0. The molecular formula is C21H23N3O5. The Bertz CT molecular complexity index is 1060. The van der Waals surface area contributed by atoms with Gasteiger partial charge >= 0.3 is 0 Å². The highest BCUT2D eigenvalue weighted by molar-refractivity contribution is 6.00. The molecular weight excluding hydrogens is 374 g/mol. The first-order chi connectivity index (χ1) is 14.0. The van der Waals surface area contributed by atoms with Crippen LogP contribution in [0.3, 0.4) is 0 Å². The fourth-order valence-electron chi connectivity index (χ4n) is 3.22. The maximum absolute atomic E-state index is 12.6. The van der Waals surface area contributed by atoms with E-state index in [1.807, 2.05) is 0 Å². The second kappa shape index (κ2) is 8.55. The van der Waals surface area contributed by atoms with Crippen LogP contribution < -0.4 is 24.8 Å². The number of methoxy groups -OCH3 is 3. The van der Waals surface area contributed by atoms with Crippen LogP contribution in [0.5, 0.6) is 17.2 Å². The highest BCUT2D eigenvalue weighted by Gasteiger charge is 2.20. The summed E-state index contributed by atoms with van der Waals surface area (Å²) >= 11 is 0. The summed E-state index contributed by atoms with van der Waals surface area (Å²) in [5, 5.41) is 6.29. The standard InChI is InChI=1S/C21H23N3O5/c1-12(25)23-14-6-5-7-15(9-14)24-18(26)8-13-11-22-16-10-17(27-2)20(28-3)21(29-4)19(13)16/h5-7,9-11,22H,8H2,1-4H3,(H,23,25)(H,24,26). The third-order valence-electron chi connectivity index (χ3n) is 4.37. The van der Waals surface area contributed by atoms with Gasteiger partial charge in [-0.05, 0) is 23.8 Å². The molecule has 2 aromatic carbocycles. The number of anilines is 2. The van der Waals surface area contributed by atoms with Gasteiger partial charge in [0.1, 0.15) is 0 Å². The molecule has 3 N–H and O–H groups in total. The van der Waals surface area contributed by atoms with Crippen molar-refractivity contribution in [3.8, 4) is 17.2 Å². The molecule has 0 aliphatic carbocycles. The molecule has 0 unspecified atom stereocenters. The molecule has 0 bridgehead atoms. The molecule has 1 aromatic heterocycles. The van der Waals surface area contributed by atoms with E-state index >= 15 is 0 Å². The fraction of sp³-hybridized carbons (Fsp3) is 0.238. The minimum Gasteiger partial charge on any atom is -0.493 e. The number of amides is 2. The lowest BCUT2D eigenvalue weighted by atomic mass is 10.1. The maximum atomic E-state index is 12.6. The molecule has 0 fully saturated rings. The van der Waals surface area contributed by atoms with E-state index in [1.165, 1.54) is 14.0 Å². The third kappa shape index (κ3) is 4.26. The van der Waals surface area contributed by atoms with Gasteiger partial charge in [0.15, 0.2) is 11.5 Å². The first-order valence-electron chi connectivity index (χ1n) is 8.93. The number of nitrogens with one attached hydrogen (secondary N) is 3. The molecule has 3 aromatic rings. The van der Waals surface area contributed by atoms with Crippen molar-refractivity contribution in [2.24, 2.45) is 0 Å². The van der Waals surface area contributed by atoms with Gasteiger partial charge in [-0.25, -0.2) is 0 Å². The Morgan fingerprint density at radius 2 is 1.66 bits per heavy atom. The molecule has 0 saturated heterocycles. The smallest absolute Gasteiger partial charge is 0.228 e. The van der Waals surface area contributed by atoms with Gasteiger partial charge < -0.3 is 29.8 Å². The van der Waals surface area contributed by atoms with Gasteiger partial charge in [-0.3, -0.25) is 9.59 Å². The monoisotopic (exact) mass is 397 g/mol. The number of rotatable bonds is 7. The Kier molecular flexibility index (Phi) is 5.92. The van der Waals surface area contributed by atoms with Crippen LogP contribution in [-0.2, 0) is 16.0 Å². The quantitative estimate of drug-likeness (QED) is 0.568. The Hall–Kier alpha value is -3.68. The topological polar surface area (TPSA) is 102 Å². The van der Waals surface area contributed by atoms with E-state index in [9.17, 15) is 9.59 Å². The van der Waals surface area contributed by atoms with Gasteiger partial charge in [0, 0.05) is 35.9 Å². The van der Waals surface area contributed by atoms with E-state index < -0.39 is 0 Å². The molecule has 0 aliphatic heterocycles. The summed E-state index contributed by atoms with van der Waals surface area (Å²) in [5.41, 5.74) is 2.73. The summed E-state index contributed by atoms with van der Waals surface area (Å²) in [6, 6.07) is 8.76. The van der Waals surface area contributed by atoms with Gasteiger partial charge in [-0.15, -0.1) is 0 Å². The zero-order valence-corrected chi connectivity index (χ0v) is 16.7. The Morgan fingerprint density at radius 1 is 0.966 bits per heavy atom. The number of hydrogen-bond donors (Lipinski definition) is 3. The van der Waals surface area contributed by atoms with Crippen LogP contribution in [0.1, 0.15) is 12.5 Å². The first kappa shape index (κ1) is 20.1. The Balaban J connectivity index is 1.87. The molecule has 3 rings (SSSR count). The number of aromatic nitrogens is 1. The Labute approximate surface area is 168 Å². The fourth-order valence-corrected chi connectivity index (χ4v) is 3.22. The highest BCUT2D eigenvalue weighted by Crippen LogP contribution is 2.44. The second-order valence-electron chi connectivity index (χ2n) is 6.37. The molecule has 0 radical (unpaired) electrons. The van der Waals surface area contributed by atoms with Crippen molar-refractivity contribution in [2.75, 3.05) is 32.0 Å². The third-order valence-corrected chi connectivity index (χ3v) is 4.37. The number of fused-ring (bicyclic) bond motifs is 1. The van der Waals surface area contributed by atoms with E-state index in [0.717, 1.165) is 16.5 Å². The minimum atomic E-state index is -0.206. The van der Waals surface area contributed by atoms with Gasteiger partial charge in [0.2, 0.25) is 17.6 Å². The van der Waals surface area contributed by atoms with E-state index in [4.69, 9.17) is 14.2 Å². The lowest BCUT2D eigenvalue weighted by Crippen LogP contribution is -2.14. The number of benzene rings is 2.